The van der Waals surface area contributed by atoms with Crippen molar-refractivity contribution in [1.29, 1.82) is 0 Å². The standard InChI is InChI=1S/C14H17N5O5S/c1-8-5-9(2)19-14(15-8)17-12(18-19)13(21)24-6-11(20)16-10-3-4-25(22,23)7-10/h5,10H,3-4,6-7H2,1-2H3,(H,16,20)/t10-/m0/s1. The number of ether oxygens (including phenoxy) is 1. The van der Waals surface area contributed by atoms with E-state index in [0.29, 0.717) is 6.42 Å². The average Bonchev–Trinajstić information content (AvgIpc) is 3.08. The molecule has 1 N–H and O–H groups in total. The van der Waals surface area contributed by atoms with Gasteiger partial charge in [0.15, 0.2) is 16.4 Å². The lowest BCUT2D eigenvalue weighted by Crippen LogP contribution is -2.38. The smallest absolute Gasteiger partial charge is 0.378 e. The molecule has 1 aliphatic rings. The maximum absolute atomic E-state index is 12.0. The van der Waals surface area contributed by atoms with Crippen molar-refractivity contribution in [2.24, 2.45) is 0 Å². The lowest BCUT2D eigenvalue weighted by Gasteiger charge is -2.10. The fourth-order valence-corrected chi connectivity index (χ4v) is 4.30. The number of rotatable bonds is 4. The predicted molar refractivity (Wildman–Crippen MR) is 85.7 cm³/mol. The van der Waals surface area contributed by atoms with Crippen LogP contribution >= 0.6 is 0 Å². The molecular formula is C14H17N5O5S. The fourth-order valence-electron chi connectivity index (χ4n) is 2.63. The Hall–Kier alpha value is -2.56. The van der Waals surface area contributed by atoms with Crippen LogP contribution in [0.15, 0.2) is 6.07 Å². The molecule has 0 aromatic carbocycles. The van der Waals surface area contributed by atoms with E-state index in [-0.39, 0.29) is 23.1 Å². The Labute approximate surface area is 143 Å². The normalized spacial score (nSPS) is 19.0. The van der Waals surface area contributed by atoms with Crippen LogP contribution < -0.4 is 5.32 Å². The molecule has 11 heteroatoms. The van der Waals surface area contributed by atoms with Gasteiger partial charge in [-0.05, 0) is 26.3 Å². The number of carbonyl (C=O) groups is 2. The minimum absolute atomic E-state index is 0.0503. The van der Waals surface area contributed by atoms with Crippen molar-refractivity contribution in [2.45, 2.75) is 26.3 Å². The highest BCUT2D eigenvalue weighted by Crippen LogP contribution is 2.11. The third kappa shape index (κ3) is 3.92. The largest absolute Gasteiger partial charge is 0.450 e. The Bertz CT molecular complexity index is 952. The summed E-state index contributed by atoms with van der Waals surface area (Å²) < 4.78 is 29.0. The van der Waals surface area contributed by atoms with Gasteiger partial charge in [-0.3, -0.25) is 4.79 Å². The van der Waals surface area contributed by atoms with Gasteiger partial charge in [0, 0.05) is 17.4 Å². The van der Waals surface area contributed by atoms with Crippen LogP contribution in [0, 0.1) is 13.8 Å². The van der Waals surface area contributed by atoms with E-state index in [4.69, 9.17) is 4.74 Å². The lowest BCUT2D eigenvalue weighted by atomic mass is 10.2. The molecule has 1 fully saturated rings. The molecule has 2 aromatic heterocycles. The highest BCUT2D eigenvalue weighted by atomic mass is 32.2. The van der Waals surface area contributed by atoms with Crippen molar-refractivity contribution in [3.8, 4) is 0 Å². The molecule has 1 aliphatic heterocycles. The van der Waals surface area contributed by atoms with Crippen LogP contribution in [-0.2, 0) is 19.4 Å². The molecule has 0 aliphatic carbocycles. The minimum atomic E-state index is -3.09. The molecule has 0 unspecified atom stereocenters. The van der Waals surface area contributed by atoms with Crippen molar-refractivity contribution in [2.75, 3.05) is 18.1 Å². The summed E-state index contributed by atoms with van der Waals surface area (Å²) in [7, 11) is -3.09. The second-order valence-corrected chi connectivity index (χ2v) is 8.16. The summed E-state index contributed by atoms with van der Waals surface area (Å²) in [5.41, 5.74) is 1.50. The van der Waals surface area contributed by atoms with Crippen molar-refractivity contribution in [3.05, 3.63) is 23.3 Å². The van der Waals surface area contributed by atoms with Crippen LogP contribution in [0.4, 0.5) is 0 Å². The third-order valence-corrected chi connectivity index (χ3v) is 5.50. The van der Waals surface area contributed by atoms with E-state index in [1.165, 1.54) is 4.52 Å². The Balaban J connectivity index is 1.59. The van der Waals surface area contributed by atoms with Crippen LogP contribution in [-0.4, -0.2) is 64.0 Å². The summed E-state index contributed by atoms with van der Waals surface area (Å²) >= 11 is 0. The number of sulfone groups is 1. The van der Waals surface area contributed by atoms with Gasteiger partial charge < -0.3 is 10.1 Å². The highest BCUT2D eigenvalue weighted by Gasteiger charge is 2.29. The topological polar surface area (TPSA) is 133 Å². The van der Waals surface area contributed by atoms with Gasteiger partial charge in [0.2, 0.25) is 0 Å². The summed E-state index contributed by atoms with van der Waals surface area (Å²) in [6.07, 6.45) is 0.361. The zero-order valence-corrected chi connectivity index (χ0v) is 14.5. The third-order valence-electron chi connectivity index (χ3n) is 3.73. The first-order valence-electron chi connectivity index (χ1n) is 7.61. The van der Waals surface area contributed by atoms with E-state index in [1.807, 2.05) is 0 Å². The van der Waals surface area contributed by atoms with Gasteiger partial charge in [-0.2, -0.15) is 4.98 Å². The number of nitrogens with zero attached hydrogens (tertiary/aromatic N) is 4. The van der Waals surface area contributed by atoms with Gasteiger partial charge in [0.1, 0.15) is 0 Å². The van der Waals surface area contributed by atoms with Gasteiger partial charge in [-0.25, -0.2) is 22.7 Å². The molecule has 2 aromatic rings. The quantitative estimate of drug-likeness (QED) is 0.695. The minimum Gasteiger partial charge on any atom is -0.450 e. The number of nitrogens with one attached hydrogen (secondary N) is 1. The maximum atomic E-state index is 12.0. The number of aromatic nitrogens is 4. The van der Waals surface area contributed by atoms with Crippen molar-refractivity contribution in [1.82, 2.24) is 24.9 Å². The molecule has 0 spiro atoms. The lowest BCUT2D eigenvalue weighted by molar-refractivity contribution is -0.124. The van der Waals surface area contributed by atoms with Gasteiger partial charge in [0.05, 0.1) is 11.5 Å². The summed E-state index contributed by atoms with van der Waals surface area (Å²) in [4.78, 5) is 31.9. The summed E-state index contributed by atoms with van der Waals surface area (Å²) in [6.45, 7) is 3.07. The molecule has 1 saturated heterocycles. The number of carbonyl (C=O) groups excluding carboxylic acids is 2. The number of amides is 1. The van der Waals surface area contributed by atoms with Gasteiger partial charge >= 0.3 is 5.97 Å². The first-order chi connectivity index (χ1) is 11.7. The fraction of sp³-hybridized carbons (Fsp3) is 0.500. The average molecular weight is 367 g/mol. The van der Waals surface area contributed by atoms with Crippen molar-refractivity contribution in [3.63, 3.8) is 0 Å². The molecule has 1 atom stereocenters. The van der Waals surface area contributed by atoms with E-state index >= 15 is 0 Å². The number of fused-ring (bicyclic) bond motifs is 1. The van der Waals surface area contributed by atoms with Gasteiger partial charge in [0.25, 0.3) is 17.5 Å². The Morgan fingerprint density at radius 3 is 2.80 bits per heavy atom. The van der Waals surface area contributed by atoms with E-state index in [9.17, 15) is 18.0 Å². The first kappa shape index (κ1) is 17.3. The SMILES string of the molecule is Cc1cc(C)n2nc(C(=O)OCC(=O)N[C@H]3CCS(=O)(=O)C3)nc2n1. The Morgan fingerprint density at radius 2 is 2.12 bits per heavy atom. The molecule has 10 nitrogen and oxygen atoms in total. The second-order valence-electron chi connectivity index (χ2n) is 5.93. The molecule has 3 rings (SSSR count). The van der Waals surface area contributed by atoms with Crippen LogP contribution in [0.1, 0.15) is 28.4 Å². The van der Waals surface area contributed by atoms with E-state index in [1.54, 1.807) is 19.9 Å². The molecule has 0 radical (unpaired) electrons. The predicted octanol–water partition coefficient (Wildman–Crippen LogP) is -0.799. The number of hydrogen-bond acceptors (Lipinski definition) is 8. The molecule has 0 saturated carbocycles. The molecule has 25 heavy (non-hydrogen) atoms. The Morgan fingerprint density at radius 1 is 1.36 bits per heavy atom. The van der Waals surface area contributed by atoms with E-state index in [2.05, 4.69) is 20.4 Å². The molecule has 134 valence electrons. The summed E-state index contributed by atoms with van der Waals surface area (Å²) in [5.74, 6) is -1.39. The molecule has 1 amide bonds. The Kier molecular flexibility index (Phi) is 4.41. The highest BCUT2D eigenvalue weighted by molar-refractivity contribution is 7.91. The zero-order valence-electron chi connectivity index (χ0n) is 13.7. The van der Waals surface area contributed by atoms with Crippen molar-refractivity contribution >= 4 is 27.5 Å². The van der Waals surface area contributed by atoms with E-state index < -0.39 is 34.4 Å². The van der Waals surface area contributed by atoms with Crippen LogP contribution in [0.5, 0.6) is 0 Å². The number of hydrogen-bond donors (Lipinski definition) is 1. The molecule has 3 heterocycles. The van der Waals surface area contributed by atoms with Crippen LogP contribution in [0.2, 0.25) is 0 Å². The van der Waals surface area contributed by atoms with Crippen molar-refractivity contribution < 1.29 is 22.7 Å². The first-order valence-corrected chi connectivity index (χ1v) is 9.43. The number of aryl methyl sites for hydroxylation is 2. The van der Waals surface area contributed by atoms with Gasteiger partial charge in [-0.15, -0.1) is 5.10 Å². The molecule has 0 bridgehead atoms. The maximum Gasteiger partial charge on any atom is 0.378 e. The number of esters is 1. The van der Waals surface area contributed by atoms with Gasteiger partial charge in [-0.1, -0.05) is 0 Å². The van der Waals surface area contributed by atoms with Crippen LogP contribution in [0.3, 0.4) is 0 Å². The zero-order chi connectivity index (χ0) is 18.2. The summed E-state index contributed by atoms with van der Waals surface area (Å²) in [5, 5.41) is 6.54. The second kappa shape index (κ2) is 6.39. The van der Waals surface area contributed by atoms with E-state index in [0.717, 1.165) is 11.4 Å². The molecular weight excluding hydrogens is 350 g/mol. The monoisotopic (exact) mass is 367 g/mol. The van der Waals surface area contributed by atoms with Crippen LogP contribution in [0.25, 0.3) is 5.78 Å². The summed E-state index contributed by atoms with van der Waals surface area (Å²) in [6, 6.07) is 1.35.